The second kappa shape index (κ2) is 10.7. The molecule has 14 heteroatoms. The molecule has 1 unspecified atom stereocenters. The molecule has 0 bridgehead atoms. The van der Waals surface area contributed by atoms with Crippen molar-refractivity contribution in [3.8, 4) is 11.4 Å². The summed E-state index contributed by atoms with van der Waals surface area (Å²) >= 11 is 5.82. The fourth-order valence-electron chi connectivity index (χ4n) is 3.70. The monoisotopic (exact) mass is 532 g/mol. The number of sulfonamides is 1. The minimum Gasteiger partial charge on any atom is -0.480 e. The highest BCUT2D eigenvalue weighted by Crippen LogP contribution is 2.33. The molecule has 0 spiro atoms. The first kappa shape index (κ1) is 25.7. The first-order valence-electron chi connectivity index (χ1n) is 11.0. The Morgan fingerprint density at radius 2 is 1.97 bits per heavy atom. The van der Waals surface area contributed by atoms with Crippen LogP contribution >= 0.6 is 11.6 Å². The SMILES string of the molecule is COC1=C(n2c(NS(=O)(=O)[C@@H](C)[C@H](C)c3cnc(Cl)cn3)nnc2-c2cccnc2)C(OC)CC=N1. The first-order chi connectivity index (χ1) is 17.3. The molecule has 190 valence electrons. The number of nitrogens with one attached hydrogen (secondary N) is 1. The van der Waals surface area contributed by atoms with Crippen molar-refractivity contribution in [2.75, 3.05) is 18.9 Å². The van der Waals surface area contributed by atoms with Crippen molar-refractivity contribution in [1.82, 2.24) is 29.7 Å². The lowest BCUT2D eigenvalue weighted by Crippen LogP contribution is -2.32. The molecule has 0 amide bonds. The summed E-state index contributed by atoms with van der Waals surface area (Å²) in [5.41, 5.74) is 1.55. The predicted octanol–water partition coefficient (Wildman–Crippen LogP) is 2.98. The van der Waals surface area contributed by atoms with Crippen molar-refractivity contribution in [2.24, 2.45) is 4.99 Å². The molecule has 3 aromatic rings. The number of pyridine rings is 1. The summed E-state index contributed by atoms with van der Waals surface area (Å²) in [6.45, 7) is 3.32. The minimum atomic E-state index is -3.98. The molecule has 1 aliphatic heterocycles. The lowest BCUT2D eigenvalue weighted by Gasteiger charge is -2.26. The highest BCUT2D eigenvalue weighted by atomic mass is 35.5. The van der Waals surface area contributed by atoms with Crippen LogP contribution in [0.2, 0.25) is 5.15 Å². The normalized spacial score (nSPS) is 17.6. The summed E-state index contributed by atoms with van der Waals surface area (Å²) < 4.78 is 42.2. The molecule has 0 radical (unpaired) electrons. The van der Waals surface area contributed by atoms with E-state index in [1.165, 1.54) is 24.1 Å². The van der Waals surface area contributed by atoms with Crippen molar-refractivity contribution < 1.29 is 17.9 Å². The molecule has 4 rings (SSSR count). The molecule has 1 aliphatic rings. The smallest absolute Gasteiger partial charge is 0.243 e. The van der Waals surface area contributed by atoms with E-state index in [1.54, 1.807) is 51.7 Å². The molecule has 12 nitrogen and oxygen atoms in total. The molecular formula is C22H25ClN8O4S. The van der Waals surface area contributed by atoms with Crippen LogP contribution in [0.15, 0.2) is 47.8 Å². The Balaban J connectivity index is 1.79. The van der Waals surface area contributed by atoms with Crippen LogP contribution < -0.4 is 4.72 Å². The van der Waals surface area contributed by atoms with Gasteiger partial charge in [0, 0.05) is 43.6 Å². The van der Waals surface area contributed by atoms with Gasteiger partial charge in [-0.3, -0.25) is 19.3 Å². The van der Waals surface area contributed by atoms with Crippen LogP contribution in [0.25, 0.3) is 17.1 Å². The summed E-state index contributed by atoms with van der Waals surface area (Å²) in [7, 11) is -0.962. The summed E-state index contributed by atoms with van der Waals surface area (Å²) in [4.78, 5) is 16.7. The van der Waals surface area contributed by atoms with Gasteiger partial charge in [-0.25, -0.2) is 18.4 Å². The average molecular weight is 533 g/mol. The van der Waals surface area contributed by atoms with E-state index < -0.39 is 27.3 Å². The van der Waals surface area contributed by atoms with E-state index >= 15 is 0 Å². The Morgan fingerprint density at radius 3 is 2.61 bits per heavy atom. The molecule has 0 aliphatic carbocycles. The van der Waals surface area contributed by atoms with Crippen LogP contribution in [0.4, 0.5) is 5.95 Å². The topological polar surface area (TPSA) is 146 Å². The number of methoxy groups -OCH3 is 2. The zero-order chi connectivity index (χ0) is 25.9. The van der Waals surface area contributed by atoms with E-state index in [1.807, 2.05) is 0 Å². The van der Waals surface area contributed by atoms with E-state index in [-0.39, 0.29) is 17.0 Å². The molecule has 1 N–H and O–H groups in total. The predicted molar refractivity (Wildman–Crippen MR) is 135 cm³/mol. The number of ether oxygens (including phenoxy) is 2. The Hall–Kier alpha value is -3.42. The highest BCUT2D eigenvalue weighted by molar-refractivity contribution is 7.93. The Labute approximate surface area is 213 Å². The summed E-state index contributed by atoms with van der Waals surface area (Å²) in [5, 5.41) is 7.75. The average Bonchev–Trinajstić information content (AvgIpc) is 3.30. The maximum Gasteiger partial charge on any atom is 0.243 e. The largest absolute Gasteiger partial charge is 0.480 e. The van der Waals surface area contributed by atoms with E-state index in [4.69, 9.17) is 21.1 Å². The first-order valence-corrected chi connectivity index (χ1v) is 12.9. The highest BCUT2D eigenvalue weighted by Gasteiger charge is 2.34. The van der Waals surface area contributed by atoms with E-state index in [0.29, 0.717) is 29.2 Å². The van der Waals surface area contributed by atoms with Crippen molar-refractivity contribution in [1.29, 1.82) is 0 Å². The number of hydrogen-bond donors (Lipinski definition) is 1. The number of aromatic nitrogens is 6. The maximum atomic E-state index is 13.5. The van der Waals surface area contributed by atoms with Gasteiger partial charge in [0.15, 0.2) is 5.82 Å². The zero-order valence-electron chi connectivity index (χ0n) is 20.0. The third-order valence-corrected chi connectivity index (χ3v) is 7.94. The second-order valence-corrected chi connectivity index (χ2v) is 10.4. The van der Waals surface area contributed by atoms with Gasteiger partial charge < -0.3 is 9.47 Å². The lowest BCUT2D eigenvalue weighted by molar-refractivity contribution is 0.143. The molecule has 0 saturated heterocycles. The van der Waals surface area contributed by atoms with Crippen LogP contribution in [-0.2, 0) is 19.5 Å². The molecule has 0 fully saturated rings. The van der Waals surface area contributed by atoms with Crippen LogP contribution in [0, 0.1) is 0 Å². The van der Waals surface area contributed by atoms with Gasteiger partial charge in [0.2, 0.25) is 21.9 Å². The molecular weight excluding hydrogens is 508 g/mol. The van der Waals surface area contributed by atoms with Crippen LogP contribution in [0.1, 0.15) is 31.9 Å². The van der Waals surface area contributed by atoms with Crippen LogP contribution in [0.5, 0.6) is 0 Å². The summed E-state index contributed by atoms with van der Waals surface area (Å²) in [5.74, 6) is 0.0464. The number of hydrogen-bond acceptors (Lipinski definition) is 10. The second-order valence-electron chi connectivity index (χ2n) is 8.00. The van der Waals surface area contributed by atoms with Crippen molar-refractivity contribution in [3.63, 3.8) is 0 Å². The van der Waals surface area contributed by atoms with Gasteiger partial charge in [-0.05, 0) is 19.1 Å². The molecule has 3 atom stereocenters. The number of halogens is 1. The molecule has 0 saturated carbocycles. The maximum absolute atomic E-state index is 13.5. The fourth-order valence-corrected chi connectivity index (χ4v) is 5.05. The van der Waals surface area contributed by atoms with Gasteiger partial charge in [0.1, 0.15) is 17.0 Å². The number of rotatable bonds is 9. The third kappa shape index (κ3) is 5.08. The van der Waals surface area contributed by atoms with Crippen LogP contribution in [-0.4, -0.2) is 69.9 Å². The Morgan fingerprint density at radius 1 is 1.17 bits per heavy atom. The van der Waals surface area contributed by atoms with Gasteiger partial charge in [-0.2, -0.15) is 0 Å². The summed E-state index contributed by atoms with van der Waals surface area (Å²) in [6, 6.07) is 3.53. The zero-order valence-corrected chi connectivity index (χ0v) is 21.6. The molecule has 3 aromatic heterocycles. The van der Waals surface area contributed by atoms with E-state index in [0.717, 1.165) is 0 Å². The van der Waals surface area contributed by atoms with Gasteiger partial charge in [0.05, 0.1) is 30.4 Å². The lowest BCUT2D eigenvalue weighted by atomic mass is 10.1. The van der Waals surface area contributed by atoms with Crippen molar-refractivity contribution >= 4 is 39.5 Å². The number of anilines is 1. The number of aliphatic imine (C=N–C) groups is 1. The quantitative estimate of drug-likeness (QED) is 0.439. The standard InChI is InChI=1S/C22H25ClN8O4S/c1-13(16-11-27-18(23)12-26-16)14(2)36(32,33)30-22-29-28-20(15-6-5-8-24-10-15)31(22)19-17(34-3)7-9-25-21(19)35-4/h5-6,8-14,17H,7H2,1-4H3,(H,29,30)/t13-,14-,17?/m0/s1. The fraction of sp³-hybridized carbons (Fsp3) is 0.364. The van der Waals surface area contributed by atoms with Gasteiger partial charge in [0.25, 0.3) is 0 Å². The molecule has 4 heterocycles. The van der Waals surface area contributed by atoms with Gasteiger partial charge in [-0.1, -0.05) is 18.5 Å². The Kier molecular flexibility index (Phi) is 7.62. The van der Waals surface area contributed by atoms with Crippen molar-refractivity contribution in [2.45, 2.75) is 37.5 Å². The molecule has 0 aromatic carbocycles. The third-order valence-electron chi connectivity index (χ3n) is 5.89. The van der Waals surface area contributed by atoms with E-state index in [9.17, 15) is 8.42 Å². The minimum absolute atomic E-state index is 0.0428. The molecule has 36 heavy (non-hydrogen) atoms. The van der Waals surface area contributed by atoms with E-state index in [2.05, 4.69) is 34.9 Å². The van der Waals surface area contributed by atoms with Crippen LogP contribution in [0.3, 0.4) is 0 Å². The summed E-state index contributed by atoms with van der Waals surface area (Å²) in [6.07, 6.45) is 7.69. The Bertz CT molecular complexity index is 1380. The van der Waals surface area contributed by atoms with Gasteiger partial charge in [-0.15, -0.1) is 10.2 Å². The van der Waals surface area contributed by atoms with Gasteiger partial charge >= 0.3 is 0 Å². The van der Waals surface area contributed by atoms with Crippen molar-refractivity contribution in [3.05, 3.63) is 53.7 Å². The number of nitrogens with zero attached hydrogens (tertiary/aromatic N) is 7.